The van der Waals surface area contributed by atoms with E-state index < -0.39 is 0 Å². The van der Waals surface area contributed by atoms with Gasteiger partial charge in [0.05, 0.1) is 11.6 Å². The SMILES string of the molecule is Fc1ccc(-c2nc3cccnc3n2-c2ccc3c(c2)SCN3)cc1. The number of thioether (sulfide) groups is 1. The van der Waals surface area contributed by atoms with Crippen LogP contribution in [0.1, 0.15) is 0 Å². The van der Waals surface area contributed by atoms with Crippen LogP contribution in [0.4, 0.5) is 10.1 Å². The van der Waals surface area contributed by atoms with E-state index in [2.05, 4.69) is 28.5 Å². The smallest absolute Gasteiger partial charge is 0.164 e. The number of rotatable bonds is 2. The number of nitrogens with zero attached hydrogens (tertiary/aromatic N) is 3. The van der Waals surface area contributed by atoms with Crippen LogP contribution in [0, 0.1) is 5.82 Å². The molecule has 1 N–H and O–H groups in total. The molecule has 1 aliphatic rings. The van der Waals surface area contributed by atoms with Crippen molar-refractivity contribution >= 4 is 28.6 Å². The molecule has 4 nitrogen and oxygen atoms in total. The van der Waals surface area contributed by atoms with Gasteiger partial charge in [-0.2, -0.15) is 0 Å². The van der Waals surface area contributed by atoms with Crippen molar-refractivity contribution in [3.8, 4) is 17.1 Å². The van der Waals surface area contributed by atoms with Gasteiger partial charge in [-0.05, 0) is 54.6 Å². The zero-order valence-electron chi connectivity index (χ0n) is 13.1. The third-order valence-electron chi connectivity index (χ3n) is 4.23. The first-order valence-corrected chi connectivity index (χ1v) is 8.89. The lowest BCUT2D eigenvalue weighted by Gasteiger charge is -2.10. The van der Waals surface area contributed by atoms with Gasteiger partial charge in [0.15, 0.2) is 5.65 Å². The topological polar surface area (TPSA) is 42.7 Å². The summed E-state index contributed by atoms with van der Waals surface area (Å²) in [5, 5.41) is 3.34. The van der Waals surface area contributed by atoms with Crippen LogP contribution < -0.4 is 5.32 Å². The second-order valence-electron chi connectivity index (χ2n) is 5.77. The molecule has 0 atom stereocenters. The fourth-order valence-electron chi connectivity index (χ4n) is 3.06. The summed E-state index contributed by atoms with van der Waals surface area (Å²) in [6, 6.07) is 16.5. The number of benzene rings is 2. The van der Waals surface area contributed by atoms with Crippen LogP contribution in [-0.2, 0) is 0 Å². The minimum Gasteiger partial charge on any atom is -0.375 e. The molecule has 3 heterocycles. The van der Waals surface area contributed by atoms with Gasteiger partial charge in [-0.3, -0.25) is 4.57 Å². The van der Waals surface area contributed by atoms with Crippen molar-refractivity contribution in [3.63, 3.8) is 0 Å². The Balaban J connectivity index is 1.78. The van der Waals surface area contributed by atoms with Gasteiger partial charge in [0.1, 0.15) is 17.2 Å². The average molecular weight is 348 g/mol. The van der Waals surface area contributed by atoms with Gasteiger partial charge in [-0.15, -0.1) is 11.8 Å². The number of hydrogen-bond acceptors (Lipinski definition) is 4. The normalized spacial score (nSPS) is 13.0. The number of halogens is 1. The first kappa shape index (κ1) is 14.5. The minimum atomic E-state index is -0.260. The van der Waals surface area contributed by atoms with Gasteiger partial charge < -0.3 is 5.32 Å². The molecule has 0 spiro atoms. The molecule has 0 fully saturated rings. The standard InChI is InChI=1S/C19H13FN4S/c20-13-5-3-12(4-6-13)18-23-16-2-1-9-21-19(16)24(18)14-7-8-15-17(10-14)25-11-22-15/h1-10,22H,11H2. The lowest BCUT2D eigenvalue weighted by molar-refractivity contribution is 0.628. The van der Waals surface area contributed by atoms with Gasteiger partial charge in [-0.1, -0.05) is 0 Å². The highest BCUT2D eigenvalue weighted by Crippen LogP contribution is 2.36. The van der Waals surface area contributed by atoms with Crippen molar-refractivity contribution in [1.29, 1.82) is 0 Å². The summed E-state index contributed by atoms with van der Waals surface area (Å²) < 4.78 is 15.4. The van der Waals surface area contributed by atoms with E-state index in [1.54, 1.807) is 30.1 Å². The summed E-state index contributed by atoms with van der Waals surface area (Å²) in [6.07, 6.45) is 1.76. The maximum absolute atomic E-state index is 13.3. The molecule has 2 aromatic heterocycles. The second kappa shape index (κ2) is 5.60. The van der Waals surface area contributed by atoms with E-state index in [4.69, 9.17) is 4.98 Å². The van der Waals surface area contributed by atoms with Crippen molar-refractivity contribution in [2.45, 2.75) is 4.90 Å². The molecule has 0 bridgehead atoms. The predicted molar refractivity (Wildman–Crippen MR) is 98.6 cm³/mol. The summed E-state index contributed by atoms with van der Waals surface area (Å²) in [6.45, 7) is 0. The Bertz CT molecular complexity index is 1090. The zero-order valence-corrected chi connectivity index (χ0v) is 13.9. The summed E-state index contributed by atoms with van der Waals surface area (Å²) >= 11 is 1.77. The van der Waals surface area contributed by atoms with Crippen molar-refractivity contribution in [2.24, 2.45) is 0 Å². The number of hydrogen-bond donors (Lipinski definition) is 1. The van der Waals surface area contributed by atoms with Gasteiger partial charge in [0.2, 0.25) is 0 Å². The van der Waals surface area contributed by atoms with Gasteiger partial charge in [0, 0.05) is 22.3 Å². The van der Waals surface area contributed by atoms with Crippen LogP contribution >= 0.6 is 11.8 Å². The van der Waals surface area contributed by atoms with Gasteiger partial charge in [0.25, 0.3) is 0 Å². The summed E-state index contributed by atoms with van der Waals surface area (Å²) in [4.78, 5) is 10.5. The van der Waals surface area contributed by atoms with Gasteiger partial charge in [-0.25, -0.2) is 14.4 Å². The summed E-state index contributed by atoms with van der Waals surface area (Å²) in [7, 11) is 0. The maximum Gasteiger partial charge on any atom is 0.164 e. The van der Waals surface area contributed by atoms with Crippen LogP contribution in [-0.4, -0.2) is 20.4 Å². The Morgan fingerprint density at radius 2 is 1.96 bits per heavy atom. The van der Waals surface area contributed by atoms with E-state index in [-0.39, 0.29) is 5.82 Å². The highest BCUT2D eigenvalue weighted by molar-refractivity contribution is 7.99. The molecule has 0 amide bonds. The van der Waals surface area contributed by atoms with E-state index in [9.17, 15) is 4.39 Å². The Labute approximate surface area is 147 Å². The van der Waals surface area contributed by atoms with E-state index in [0.29, 0.717) is 0 Å². The number of fused-ring (bicyclic) bond motifs is 2. The molecule has 0 unspecified atom stereocenters. The van der Waals surface area contributed by atoms with Crippen molar-refractivity contribution in [1.82, 2.24) is 14.5 Å². The highest BCUT2D eigenvalue weighted by Gasteiger charge is 2.18. The molecule has 5 rings (SSSR count). The highest BCUT2D eigenvalue weighted by atomic mass is 32.2. The fraction of sp³-hybridized carbons (Fsp3) is 0.0526. The third-order valence-corrected chi connectivity index (χ3v) is 5.17. The molecular weight excluding hydrogens is 335 g/mol. The predicted octanol–water partition coefficient (Wildman–Crippen LogP) is 4.70. The number of anilines is 1. The number of pyridine rings is 1. The molecule has 0 saturated carbocycles. The van der Waals surface area contributed by atoms with Crippen LogP contribution in [0.3, 0.4) is 0 Å². The molecule has 25 heavy (non-hydrogen) atoms. The molecule has 0 saturated heterocycles. The fourth-order valence-corrected chi connectivity index (χ4v) is 3.94. The number of aromatic nitrogens is 3. The Morgan fingerprint density at radius 3 is 2.84 bits per heavy atom. The molecule has 4 aromatic rings. The van der Waals surface area contributed by atoms with E-state index in [1.807, 2.05) is 16.7 Å². The zero-order chi connectivity index (χ0) is 16.8. The maximum atomic E-state index is 13.3. The summed E-state index contributed by atoms with van der Waals surface area (Å²) in [5.74, 6) is 1.38. The third kappa shape index (κ3) is 2.37. The van der Waals surface area contributed by atoms with Crippen LogP contribution in [0.15, 0.2) is 65.7 Å². The van der Waals surface area contributed by atoms with E-state index in [0.717, 1.165) is 39.8 Å². The molecular formula is C19H13FN4S. The van der Waals surface area contributed by atoms with Crippen LogP contribution in [0.5, 0.6) is 0 Å². The summed E-state index contributed by atoms with van der Waals surface area (Å²) in [5.41, 5.74) is 4.60. The molecule has 6 heteroatoms. The van der Waals surface area contributed by atoms with Crippen LogP contribution in [0.25, 0.3) is 28.2 Å². The number of nitrogens with one attached hydrogen (secondary N) is 1. The lowest BCUT2D eigenvalue weighted by Crippen LogP contribution is -1.99. The lowest BCUT2D eigenvalue weighted by atomic mass is 10.2. The Morgan fingerprint density at radius 1 is 1.08 bits per heavy atom. The van der Waals surface area contributed by atoms with Gasteiger partial charge >= 0.3 is 0 Å². The van der Waals surface area contributed by atoms with Crippen molar-refractivity contribution in [2.75, 3.05) is 11.2 Å². The largest absolute Gasteiger partial charge is 0.375 e. The second-order valence-corrected chi connectivity index (χ2v) is 6.79. The number of imidazole rings is 1. The van der Waals surface area contributed by atoms with Crippen LogP contribution in [0.2, 0.25) is 0 Å². The molecule has 1 aliphatic heterocycles. The monoisotopic (exact) mass is 348 g/mol. The Hall–Kier alpha value is -2.86. The quantitative estimate of drug-likeness (QED) is 0.570. The first-order valence-electron chi connectivity index (χ1n) is 7.90. The average Bonchev–Trinajstić information content (AvgIpc) is 3.26. The van der Waals surface area contributed by atoms with Crippen molar-refractivity contribution in [3.05, 3.63) is 66.6 Å². The molecule has 2 aromatic carbocycles. The molecule has 0 aliphatic carbocycles. The van der Waals surface area contributed by atoms with E-state index >= 15 is 0 Å². The molecule has 122 valence electrons. The van der Waals surface area contributed by atoms with E-state index in [1.165, 1.54) is 17.0 Å². The first-order chi connectivity index (χ1) is 12.3. The molecule has 0 radical (unpaired) electrons. The van der Waals surface area contributed by atoms with Crippen molar-refractivity contribution < 1.29 is 4.39 Å². The minimum absolute atomic E-state index is 0.260. The Kier molecular flexibility index (Phi) is 3.24.